The summed E-state index contributed by atoms with van der Waals surface area (Å²) in [4.78, 5) is 4.37. The van der Waals surface area contributed by atoms with Crippen molar-refractivity contribution < 1.29 is 18.4 Å². The maximum absolute atomic E-state index is 5.95. The first-order valence-corrected chi connectivity index (χ1v) is 8.48. The predicted molar refractivity (Wildman–Crippen MR) is 99.5 cm³/mol. The van der Waals surface area contributed by atoms with Gasteiger partial charge in [0.1, 0.15) is 6.61 Å². The number of ether oxygens (including phenoxy) is 2. The van der Waals surface area contributed by atoms with Gasteiger partial charge in [-0.15, -0.1) is 0 Å². The number of rotatable bonds is 6. The second-order valence-corrected chi connectivity index (χ2v) is 5.98. The van der Waals surface area contributed by atoms with Crippen molar-refractivity contribution in [2.24, 2.45) is 0 Å². The van der Waals surface area contributed by atoms with Gasteiger partial charge in [0.2, 0.25) is 5.82 Å². The number of nitrogens with zero attached hydrogens (tertiary/aromatic N) is 2. The molecule has 0 atom stereocenters. The van der Waals surface area contributed by atoms with Gasteiger partial charge < -0.3 is 18.4 Å². The molecule has 6 nitrogen and oxygen atoms in total. The molecule has 0 unspecified atom stereocenters. The lowest BCUT2D eigenvalue weighted by Crippen LogP contribution is -1.99. The number of hydrogen-bond acceptors (Lipinski definition) is 6. The van der Waals surface area contributed by atoms with Gasteiger partial charge in [0.05, 0.1) is 13.4 Å². The van der Waals surface area contributed by atoms with Crippen molar-refractivity contribution in [2.45, 2.75) is 13.5 Å². The Morgan fingerprint density at radius 1 is 1.00 bits per heavy atom. The Kier molecular flexibility index (Phi) is 4.61. The fourth-order valence-electron chi connectivity index (χ4n) is 2.69. The summed E-state index contributed by atoms with van der Waals surface area (Å²) in [5.74, 6) is 2.56. The van der Waals surface area contributed by atoms with Crippen molar-refractivity contribution in [1.29, 1.82) is 0 Å². The first kappa shape index (κ1) is 16.9. The van der Waals surface area contributed by atoms with Gasteiger partial charge in [-0.1, -0.05) is 29.4 Å². The van der Waals surface area contributed by atoms with Gasteiger partial charge in [-0.25, -0.2) is 0 Å². The molecule has 0 aliphatic rings. The number of benzene rings is 2. The summed E-state index contributed by atoms with van der Waals surface area (Å²) in [6.07, 6.45) is 1.56. The molecule has 0 radical (unpaired) electrons. The van der Waals surface area contributed by atoms with Crippen molar-refractivity contribution in [3.8, 4) is 34.5 Å². The van der Waals surface area contributed by atoms with Crippen LogP contribution in [0.25, 0.3) is 23.0 Å². The van der Waals surface area contributed by atoms with Crippen molar-refractivity contribution in [2.75, 3.05) is 7.11 Å². The van der Waals surface area contributed by atoms with Gasteiger partial charge in [-0.05, 0) is 48.4 Å². The Hall–Kier alpha value is -3.54. The molecule has 0 saturated carbocycles. The van der Waals surface area contributed by atoms with Gasteiger partial charge in [0.15, 0.2) is 17.3 Å². The minimum Gasteiger partial charge on any atom is -0.493 e. The molecular weight excluding hydrogens is 344 g/mol. The summed E-state index contributed by atoms with van der Waals surface area (Å²) in [6.45, 7) is 2.53. The summed E-state index contributed by atoms with van der Waals surface area (Å²) in [7, 11) is 1.60. The van der Waals surface area contributed by atoms with Crippen LogP contribution in [-0.4, -0.2) is 17.3 Å². The third-order valence-corrected chi connectivity index (χ3v) is 4.22. The molecule has 136 valence electrons. The molecule has 0 spiro atoms. The average molecular weight is 362 g/mol. The van der Waals surface area contributed by atoms with Crippen LogP contribution in [0.15, 0.2) is 69.8 Å². The molecule has 2 aromatic heterocycles. The van der Waals surface area contributed by atoms with E-state index in [1.54, 1.807) is 25.5 Å². The summed E-state index contributed by atoms with van der Waals surface area (Å²) in [5, 5.41) is 4.01. The molecule has 0 bridgehead atoms. The number of furan rings is 1. The highest BCUT2D eigenvalue weighted by atomic mass is 16.5. The molecule has 0 fully saturated rings. The third-order valence-electron chi connectivity index (χ3n) is 4.22. The smallest absolute Gasteiger partial charge is 0.293 e. The summed E-state index contributed by atoms with van der Waals surface area (Å²) in [5.41, 5.74) is 3.08. The monoisotopic (exact) mass is 362 g/mol. The fourth-order valence-corrected chi connectivity index (χ4v) is 2.69. The minimum absolute atomic E-state index is 0.328. The number of hydrogen-bond donors (Lipinski definition) is 0. The van der Waals surface area contributed by atoms with Crippen LogP contribution in [0.2, 0.25) is 0 Å². The molecule has 0 aliphatic heterocycles. The van der Waals surface area contributed by atoms with E-state index in [9.17, 15) is 0 Å². The molecule has 0 aliphatic carbocycles. The molecule has 0 saturated heterocycles. The second kappa shape index (κ2) is 7.37. The van der Waals surface area contributed by atoms with Crippen molar-refractivity contribution in [3.05, 3.63) is 72.0 Å². The first-order valence-electron chi connectivity index (χ1n) is 8.48. The molecular formula is C21H18N2O4. The van der Waals surface area contributed by atoms with Crippen LogP contribution >= 0.6 is 0 Å². The van der Waals surface area contributed by atoms with E-state index in [1.165, 1.54) is 5.56 Å². The van der Waals surface area contributed by atoms with E-state index in [1.807, 2.05) is 36.4 Å². The van der Waals surface area contributed by atoms with Crippen LogP contribution in [0.5, 0.6) is 11.5 Å². The van der Waals surface area contributed by atoms with E-state index in [-0.39, 0.29) is 0 Å². The Morgan fingerprint density at radius 2 is 1.89 bits per heavy atom. The van der Waals surface area contributed by atoms with Crippen LogP contribution in [0.1, 0.15) is 11.1 Å². The lowest BCUT2D eigenvalue weighted by atomic mass is 10.1. The highest BCUT2D eigenvalue weighted by Gasteiger charge is 2.15. The Labute approximate surface area is 156 Å². The quantitative estimate of drug-likeness (QED) is 0.486. The number of methoxy groups -OCH3 is 1. The van der Waals surface area contributed by atoms with Crippen molar-refractivity contribution in [3.63, 3.8) is 0 Å². The number of aryl methyl sites for hydroxylation is 1. The topological polar surface area (TPSA) is 70.5 Å². The molecule has 2 heterocycles. The zero-order chi connectivity index (χ0) is 18.6. The van der Waals surface area contributed by atoms with Crippen LogP contribution in [-0.2, 0) is 6.61 Å². The Bertz CT molecular complexity index is 1040. The molecule has 6 heteroatoms. The maximum atomic E-state index is 5.95. The standard InChI is InChI=1S/C21H18N2O4/c1-14-6-3-4-7-16(14)13-26-17-10-9-15(12-19(17)24-2)20-22-21(27-23-20)18-8-5-11-25-18/h3-12H,13H2,1-2H3. The maximum Gasteiger partial charge on any atom is 0.293 e. The van der Waals surface area contributed by atoms with E-state index in [2.05, 4.69) is 23.1 Å². The molecule has 4 rings (SSSR count). The Morgan fingerprint density at radius 3 is 2.67 bits per heavy atom. The van der Waals surface area contributed by atoms with Gasteiger partial charge >= 0.3 is 0 Å². The zero-order valence-electron chi connectivity index (χ0n) is 15.0. The SMILES string of the molecule is COc1cc(-c2noc(-c3ccco3)n2)ccc1OCc1ccccc1C. The van der Waals surface area contributed by atoms with Gasteiger partial charge in [0.25, 0.3) is 5.89 Å². The molecule has 4 aromatic rings. The molecule has 0 amide bonds. The highest BCUT2D eigenvalue weighted by Crippen LogP contribution is 2.33. The third kappa shape index (κ3) is 3.55. The molecule has 27 heavy (non-hydrogen) atoms. The fraction of sp³-hybridized carbons (Fsp3) is 0.143. The van der Waals surface area contributed by atoms with Crippen LogP contribution in [0.4, 0.5) is 0 Å². The summed E-state index contributed by atoms with van der Waals surface area (Å²) < 4.78 is 22.0. The first-order chi connectivity index (χ1) is 13.2. The van der Waals surface area contributed by atoms with E-state index < -0.39 is 0 Å². The lowest BCUT2D eigenvalue weighted by molar-refractivity contribution is 0.284. The van der Waals surface area contributed by atoms with E-state index in [4.69, 9.17) is 18.4 Å². The molecule has 0 N–H and O–H groups in total. The van der Waals surface area contributed by atoms with E-state index in [0.29, 0.717) is 35.6 Å². The van der Waals surface area contributed by atoms with Crippen LogP contribution in [0, 0.1) is 6.92 Å². The van der Waals surface area contributed by atoms with Crippen LogP contribution < -0.4 is 9.47 Å². The van der Waals surface area contributed by atoms with Crippen molar-refractivity contribution in [1.82, 2.24) is 10.1 Å². The lowest BCUT2D eigenvalue weighted by Gasteiger charge is -2.12. The average Bonchev–Trinajstić information content (AvgIpc) is 3.39. The molecule has 2 aromatic carbocycles. The van der Waals surface area contributed by atoms with E-state index in [0.717, 1.165) is 11.1 Å². The predicted octanol–water partition coefficient (Wildman–Crippen LogP) is 4.89. The van der Waals surface area contributed by atoms with Crippen LogP contribution in [0.3, 0.4) is 0 Å². The van der Waals surface area contributed by atoms with Gasteiger partial charge in [-0.3, -0.25) is 0 Å². The Balaban J connectivity index is 1.55. The van der Waals surface area contributed by atoms with Gasteiger partial charge in [0, 0.05) is 5.56 Å². The van der Waals surface area contributed by atoms with Gasteiger partial charge in [-0.2, -0.15) is 4.98 Å². The minimum atomic E-state index is 0.328. The summed E-state index contributed by atoms with van der Waals surface area (Å²) in [6, 6.07) is 17.2. The highest BCUT2D eigenvalue weighted by molar-refractivity contribution is 5.62. The number of aromatic nitrogens is 2. The largest absolute Gasteiger partial charge is 0.493 e. The zero-order valence-corrected chi connectivity index (χ0v) is 15.0. The normalized spacial score (nSPS) is 10.7. The summed E-state index contributed by atoms with van der Waals surface area (Å²) >= 11 is 0. The van der Waals surface area contributed by atoms with Crippen molar-refractivity contribution >= 4 is 0 Å². The second-order valence-electron chi connectivity index (χ2n) is 5.98. The van der Waals surface area contributed by atoms with E-state index >= 15 is 0 Å².